The SMILES string of the molecule is CC(O)/C=C(\[Si](C)(C)C)[Si](C(C)C)(C(C)C)C(C)C. The summed E-state index contributed by atoms with van der Waals surface area (Å²) in [6, 6.07) is 0. The molecule has 0 aliphatic heterocycles. The Morgan fingerprint density at radius 2 is 1.11 bits per heavy atom. The first-order valence-electron chi connectivity index (χ1n) is 7.79. The summed E-state index contributed by atoms with van der Waals surface area (Å²) in [6.45, 7) is 23.7. The molecule has 0 aromatic heterocycles. The van der Waals surface area contributed by atoms with Gasteiger partial charge in [-0.1, -0.05) is 72.1 Å². The minimum absolute atomic E-state index is 0.315. The summed E-state index contributed by atoms with van der Waals surface area (Å²) in [7, 11) is -3.00. The minimum Gasteiger partial charge on any atom is -0.389 e. The molecule has 3 heteroatoms. The molecule has 0 heterocycles. The summed E-state index contributed by atoms with van der Waals surface area (Å²) in [5.74, 6) is 0. The van der Waals surface area contributed by atoms with Crippen molar-refractivity contribution in [3.63, 3.8) is 0 Å². The molecule has 0 saturated heterocycles. The third-order valence-electron chi connectivity index (χ3n) is 4.55. The van der Waals surface area contributed by atoms with Gasteiger partial charge in [-0.05, 0) is 23.5 Å². The molecule has 0 spiro atoms. The summed E-state index contributed by atoms with van der Waals surface area (Å²) >= 11 is 0. The average Bonchev–Trinajstić information content (AvgIpc) is 2.12. The molecule has 0 aliphatic carbocycles. The van der Waals surface area contributed by atoms with E-state index >= 15 is 0 Å². The van der Waals surface area contributed by atoms with Crippen LogP contribution in [-0.2, 0) is 0 Å². The summed E-state index contributed by atoms with van der Waals surface area (Å²) in [5.41, 5.74) is 2.18. The topological polar surface area (TPSA) is 20.2 Å². The van der Waals surface area contributed by atoms with Crippen molar-refractivity contribution >= 4 is 16.1 Å². The van der Waals surface area contributed by atoms with Gasteiger partial charge in [0, 0.05) is 0 Å². The van der Waals surface area contributed by atoms with Crippen molar-refractivity contribution in [3.8, 4) is 0 Å². The van der Waals surface area contributed by atoms with Gasteiger partial charge < -0.3 is 5.11 Å². The lowest BCUT2D eigenvalue weighted by Crippen LogP contribution is -2.54. The van der Waals surface area contributed by atoms with Crippen LogP contribution >= 0.6 is 0 Å². The Morgan fingerprint density at radius 1 is 0.789 bits per heavy atom. The van der Waals surface area contributed by atoms with Crippen LogP contribution in [0.2, 0.25) is 36.3 Å². The summed E-state index contributed by atoms with van der Waals surface area (Å²) in [5, 5.41) is 9.96. The number of aliphatic hydroxyl groups excluding tert-OH is 1. The van der Waals surface area contributed by atoms with Gasteiger partial charge in [0.1, 0.15) is 0 Å². The minimum atomic E-state index is -1.59. The summed E-state index contributed by atoms with van der Waals surface area (Å²) < 4.78 is 0. The summed E-state index contributed by atoms with van der Waals surface area (Å²) in [6.07, 6.45) is 1.91. The van der Waals surface area contributed by atoms with Crippen molar-refractivity contribution in [3.05, 3.63) is 10.9 Å². The predicted molar refractivity (Wildman–Crippen MR) is 94.2 cm³/mol. The first-order valence-corrected chi connectivity index (χ1v) is 13.5. The lowest BCUT2D eigenvalue weighted by Gasteiger charge is -2.49. The first kappa shape index (κ1) is 19.1. The number of hydrogen-bond donors (Lipinski definition) is 1. The fourth-order valence-electron chi connectivity index (χ4n) is 4.22. The van der Waals surface area contributed by atoms with E-state index in [-0.39, 0.29) is 6.10 Å². The molecule has 0 radical (unpaired) electrons. The van der Waals surface area contributed by atoms with Crippen LogP contribution in [0.4, 0.5) is 0 Å². The van der Waals surface area contributed by atoms with E-state index in [1.165, 1.54) is 0 Å². The molecule has 0 aromatic carbocycles. The van der Waals surface area contributed by atoms with Crippen LogP contribution in [0.3, 0.4) is 0 Å². The Labute approximate surface area is 123 Å². The van der Waals surface area contributed by atoms with Crippen LogP contribution in [0.25, 0.3) is 0 Å². The second-order valence-corrected chi connectivity index (χ2v) is 19.4. The predicted octanol–water partition coefficient (Wildman–Crippen LogP) is 5.39. The van der Waals surface area contributed by atoms with Gasteiger partial charge in [-0.3, -0.25) is 0 Å². The molecule has 19 heavy (non-hydrogen) atoms. The standard InChI is InChI=1S/C16H36OSi2/c1-12(2)19(13(3)4,14(5)6)16(11-15(7)17)18(8,9)10/h11-15,17H,1-10H3/b16-11+. The maximum Gasteiger partial charge on any atom is 0.0845 e. The number of aliphatic hydroxyl groups is 1. The maximum atomic E-state index is 9.96. The van der Waals surface area contributed by atoms with Crippen molar-refractivity contribution in [1.29, 1.82) is 0 Å². The quantitative estimate of drug-likeness (QED) is 0.652. The lowest BCUT2D eigenvalue weighted by molar-refractivity contribution is 0.244. The molecule has 0 aliphatic rings. The van der Waals surface area contributed by atoms with E-state index in [1.54, 1.807) is 4.82 Å². The molecule has 0 aromatic rings. The third kappa shape index (κ3) is 4.05. The Morgan fingerprint density at radius 3 is 1.26 bits per heavy atom. The summed E-state index contributed by atoms with van der Waals surface area (Å²) in [4.78, 5) is 1.69. The van der Waals surface area contributed by atoms with Gasteiger partial charge in [0.15, 0.2) is 0 Å². The highest BCUT2D eigenvalue weighted by Crippen LogP contribution is 2.49. The molecule has 0 fully saturated rings. The van der Waals surface area contributed by atoms with Crippen molar-refractivity contribution in [2.75, 3.05) is 0 Å². The fraction of sp³-hybridized carbons (Fsp3) is 0.875. The maximum absolute atomic E-state index is 9.96. The average molecular weight is 301 g/mol. The number of hydrogen-bond acceptors (Lipinski definition) is 1. The van der Waals surface area contributed by atoms with Crippen LogP contribution in [0, 0.1) is 0 Å². The Bertz CT molecular complexity index is 287. The van der Waals surface area contributed by atoms with Gasteiger partial charge in [-0.25, -0.2) is 0 Å². The molecule has 0 saturated carbocycles. The molecular weight excluding hydrogens is 264 g/mol. The highest BCUT2D eigenvalue weighted by Gasteiger charge is 2.49. The fourth-order valence-corrected chi connectivity index (χ4v) is 19.1. The van der Waals surface area contributed by atoms with E-state index < -0.39 is 16.1 Å². The number of rotatable bonds is 6. The van der Waals surface area contributed by atoms with Gasteiger partial charge in [0.05, 0.1) is 22.3 Å². The lowest BCUT2D eigenvalue weighted by atomic mass is 10.4. The smallest absolute Gasteiger partial charge is 0.0845 e. The van der Waals surface area contributed by atoms with E-state index in [9.17, 15) is 5.11 Å². The second-order valence-electron chi connectivity index (χ2n) is 7.97. The monoisotopic (exact) mass is 300 g/mol. The van der Waals surface area contributed by atoms with Crippen molar-refractivity contribution in [2.45, 2.75) is 90.8 Å². The zero-order valence-corrected chi connectivity index (χ0v) is 16.8. The third-order valence-corrected chi connectivity index (χ3v) is 16.7. The van der Waals surface area contributed by atoms with Gasteiger partial charge in [0.2, 0.25) is 0 Å². The molecule has 1 unspecified atom stereocenters. The molecule has 0 rings (SSSR count). The Hall–Kier alpha value is 0.134. The highest BCUT2D eigenvalue weighted by molar-refractivity contribution is 7.07. The Balaban J connectivity index is 6.21. The van der Waals surface area contributed by atoms with E-state index in [0.29, 0.717) is 0 Å². The molecule has 0 bridgehead atoms. The van der Waals surface area contributed by atoms with Gasteiger partial charge >= 0.3 is 0 Å². The largest absolute Gasteiger partial charge is 0.389 e. The van der Waals surface area contributed by atoms with E-state index in [2.05, 4.69) is 67.3 Å². The molecular formula is C16H36OSi2. The van der Waals surface area contributed by atoms with Crippen LogP contribution in [0.1, 0.15) is 48.5 Å². The van der Waals surface area contributed by atoms with Crippen LogP contribution in [0.15, 0.2) is 10.9 Å². The van der Waals surface area contributed by atoms with Gasteiger partial charge in [-0.2, -0.15) is 0 Å². The Kier molecular flexibility index (Phi) is 6.77. The van der Waals surface area contributed by atoms with E-state index in [1.807, 2.05) is 6.92 Å². The molecule has 1 nitrogen and oxygen atoms in total. The normalized spacial score (nSPS) is 16.6. The molecule has 114 valence electrons. The van der Waals surface area contributed by atoms with Crippen molar-refractivity contribution in [1.82, 2.24) is 0 Å². The van der Waals surface area contributed by atoms with Crippen LogP contribution in [-0.4, -0.2) is 27.4 Å². The molecule has 1 atom stereocenters. The van der Waals surface area contributed by atoms with E-state index in [0.717, 1.165) is 16.6 Å². The molecule has 1 N–H and O–H groups in total. The van der Waals surface area contributed by atoms with Crippen LogP contribution in [0.5, 0.6) is 0 Å². The highest BCUT2D eigenvalue weighted by atomic mass is 28.4. The molecule has 0 amide bonds. The van der Waals surface area contributed by atoms with Crippen molar-refractivity contribution in [2.24, 2.45) is 0 Å². The second kappa shape index (κ2) is 6.73. The van der Waals surface area contributed by atoms with E-state index in [4.69, 9.17) is 0 Å². The van der Waals surface area contributed by atoms with Crippen molar-refractivity contribution < 1.29 is 5.11 Å². The first-order chi connectivity index (χ1) is 8.38. The zero-order valence-electron chi connectivity index (χ0n) is 14.8. The zero-order chi connectivity index (χ0) is 15.6. The van der Waals surface area contributed by atoms with Crippen LogP contribution < -0.4 is 0 Å². The van der Waals surface area contributed by atoms with Gasteiger partial charge in [0.25, 0.3) is 0 Å². The van der Waals surface area contributed by atoms with Gasteiger partial charge in [-0.15, -0.1) is 0 Å².